The highest BCUT2D eigenvalue weighted by atomic mass is 16.4. The lowest BCUT2D eigenvalue weighted by Crippen LogP contribution is -1.97. The summed E-state index contributed by atoms with van der Waals surface area (Å²) < 4.78 is 5.48. The maximum atomic E-state index is 9.99. The number of oxazole rings is 1. The number of hydrogen-bond donors (Lipinski definition) is 1. The van der Waals surface area contributed by atoms with Crippen LogP contribution < -0.4 is 0 Å². The summed E-state index contributed by atoms with van der Waals surface area (Å²) in [7, 11) is 0. The summed E-state index contributed by atoms with van der Waals surface area (Å²) in [6.45, 7) is 2.19. The van der Waals surface area contributed by atoms with Crippen molar-refractivity contribution in [2.24, 2.45) is 0 Å². The van der Waals surface area contributed by atoms with Crippen LogP contribution in [-0.2, 0) is 0 Å². The number of aliphatic hydroxyl groups excluding tert-OH is 1. The molecule has 4 heteroatoms. The maximum absolute atomic E-state index is 9.99. The highest BCUT2D eigenvalue weighted by molar-refractivity contribution is 5.66. The van der Waals surface area contributed by atoms with Crippen LogP contribution in [0.1, 0.15) is 57.4 Å². The molecule has 1 N–H and O–H groups in total. The molecule has 0 aliphatic carbocycles. The zero-order valence-corrected chi connectivity index (χ0v) is 10.8. The minimum Gasteiger partial charge on any atom is -0.436 e. The second-order valence-electron chi connectivity index (χ2n) is 4.60. The molecule has 2 aromatic rings. The van der Waals surface area contributed by atoms with Crippen molar-refractivity contribution in [1.82, 2.24) is 9.97 Å². The first-order valence-electron chi connectivity index (χ1n) is 6.70. The van der Waals surface area contributed by atoms with Gasteiger partial charge in [0.1, 0.15) is 6.10 Å². The molecule has 0 aliphatic rings. The molecular weight excluding hydrogens is 228 g/mol. The standard InChI is InChI=1S/C14H20N2O2/c1-2-3-4-5-6-8-11(17)14-16-13-12(18-14)9-7-10-15-13/h7,9-11,17H,2-6,8H2,1H3. The Kier molecular flexibility index (Phi) is 4.70. The van der Waals surface area contributed by atoms with E-state index >= 15 is 0 Å². The molecule has 2 aromatic heterocycles. The quantitative estimate of drug-likeness (QED) is 0.760. The normalized spacial score (nSPS) is 13.0. The Hall–Kier alpha value is -1.42. The molecule has 0 bridgehead atoms. The lowest BCUT2D eigenvalue weighted by atomic mass is 10.1. The summed E-state index contributed by atoms with van der Waals surface area (Å²) in [6, 6.07) is 3.61. The van der Waals surface area contributed by atoms with Gasteiger partial charge in [0.15, 0.2) is 11.2 Å². The first kappa shape index (κ1) is 13.0. The van der Waals surface area contributed by atoms with Gasteiger partial charge in [0.05, 0.1) is 0 Å². The van der Waals surface area contributed by atoms with Gasteiger partial charge in [0, 0.05) is 6.20 Å². The number of pyridine rings is 1. The van der Waals surface area contributed by atoms with E-state index in [2.05, 4.69) is 16.9 Å². The van der Waals surface area contributed by atoms with Gasteiger partial charge in [-0.3, -0.25) is 0 Å². The predicted molar refractivity (Wildman–Crippen MR) is 70.1 cm³/mol. The van der Waals surface area contributed by atoms with Crippen LogP contribution in [0.25, 0.3) is 11.2 Å². The third-order valence-electron chi connectivity index (χ3n) is 3.05. The molecule has 98 valence electrons. The Balaban J connectivity index is 1.86. The molecule has 2 heterocycles. The van der Waals surface area contributed by atoms with E-state index in [0.717, 1.165) is 12.8 Å². The van der Waals surface area contributed by atoms with Crippen molar-refractivity contribution in [2.45, 2.75) is 51.6 Å². The molecule has 0 aliphatic heterocycles. The number of aromatic nitrogens is 2. The van der Waals surface area contributed by atoms with Gasteiger partial charge >= 0.3 is 0 Å². The SMILES string of the molecule is CCCCCCCC(O)c1nc2ncccc2o1. The van der Waals surface area contributed by atoms with Crippen LogP contribution >= 0.6 is 0 Å². The fraction of sp³-hybridized carbons (Fsp3) is 0.571. The summed E-state index contributed by atoms with van der Waals surface area (Å²) in [4.78, 5) is 8.29. The first-order chi connectivity index (χ1) is 8.81. The topological polar surface area (TPSA) is 59.2 Å². The molecule has 0 saturated heterocycles. The number of unbranched alkanes of at least 4 members (excludes halogenated alkanes) is 4. The zero-order valence-electron chi connectivity index (χ0n) is 10.8. The molecule has 18 heavy (non-hydrogen) atoms. The van der Waals surface area contributed by atoms with Crippen molar-refractivity contribution in [1.29, 1.82) is 0 Å². The Bertz CT molecular complexity index is 448. The molecular formula is C14H20N2O2. The van der Waals surface area contributed by atoms with Crippen LogP contribution in [0.2, 0.25) is 0 Å². The molecule has 0 radical (unpaired) electrons. The monoisotopic (exact) mass is 248 g/mol. The molecule has 0 fully saturated rings. The summed E-state index contributed by atoms with van der Waals surface area (Å²) in [6.07, 6.45) is 7.67. The predicted octanol–water partition coefficient (Wildman–Crippen LogP) is 3.62. The van der Waals surface area contributed by atoms with Crippen LogP contribution in [0.3, 0.4) is 0 Å². The summed E-state index contributed by atoms with van der Waals surface area (Å²) in [5.41, 5.74) is 1.20. The van der Waals surface area contributed by atoms with Crippen LogP contribution in [0, 0.1) is 0 Å². The lowest BCUT2D eigenvalue weighted by Gasteiger charge is -2.05. The van der Waals surface area contributed by atoms with Gasteiger partial charge in [-0.2, -0.15) is 4.98 Å². The first-order valence-corrected chi connectivity index (χ1v) is 6.70. The number of hydrogen-bond acceptors (Lipinski definition) is 4. The molecule has 0 saturated carbocycles. The van der Waals surface area contributed by atoms with Crippen LogP contribution in [0.5, 0.6) is 0 Å². The van der Waals surface area contributed by atoms with Crippen molar-refractivity contribution in [3.05, 3.63) is 24.2 Å². The molecule has 0 amide bonds. The van der Waals surface area contributed by atoms with E-state index in [4.69, 9.17) is 4.42 Å². The van der Waals surface area contributed by atoms with E-state index in [1.807, 2.05) is 6.07 Å². The summed E-state index contributed by atoms with van der Waals surface area (Å²) in [5.74, 6) is 0.388. The molecule has 4 nitrogen and oxygen atoms in total. The highest BCUT2D eigenvalue weighted by Gasteiger charge is 2.15. The minimum atomic E-state index is -0.610. The summed E-state index contributed by atoms with van der Waals surface area (Å²) in [5, 5.41) is 9.99. The third-order valence-corrected chi connectivity index (χ3v) is 3.05. The fourth-order valence-electron chi connectivity index (χ4n) is 1.99. The third kappa shape index (κ3) is 3.29. The van der Waals surface area contributed by atoms with E-state index < -0.39 is 6.10 Å². The van der Waals surface area contributed by atoms with Crippen molar-refractivity contribution < 1.29 is 9.52 Å². The van der Waals surface area contributed by atoms with E-state index in [1.165, 1.54) is 19.3 Å². The van der Waals surface area contributed by atoms with Crippen molar-refractivity contribution >= 4 is 11.2 Å². The lowest BCUT2D eigenvalue weighted by molar-refractivity contribution is 0.133. The smallest absolute Gasteiger partial charge is 0.225 e. The largest absolute Gasteiger partial charge is 0.436 e. The Morgan fingerprint density at radius 3 is 2.89 bits per heavy atom. The van der Waals surface area contributed by atoms with Crippen molar-refractivity contribution in [3.8, 4) is 0 Å². The van der Waals surface area contributed by atoms with Gasteiger partial charge < -0.3 is 9.52 Å². The molecule has 2 rings (SSSR count). The van der Waals surface area contributed by atoms with E-state index in [1.54, 1.807) is 12.3 Å². The zero-order chi connectivity index (χ0) is 12.8. The Labute approximate surface area is 107 Å². The Morgan fingerprint density at radius 2 is 2.11 bits per heavy atom. The second-order valence-corrected chi connectivity index (χ2v) is 4.60. The number of aliphatic hydroxyl groups is 1. The van der Waals surface area contributed by atoms with Gasteiger partial charge in [0.2, 0.25) is 5.89 Å². The molecule has 1 unspecified atom stereocenters. The van der Waals surface area contributed by atoms with Crippen LogP contribution in [0.4, 0.5) is 0 Å². The summed E-state index contributed by atoms with van der Waals surface area (Å²) >= 11 is 0. The van der Waals surface area contributed by atoms with E-state index in [-0.39, 0.29) is 0 Å². The van der Waals surface area contributed by atoms with E-state index in [9.17, 15) is 5.11 Å². The Morgan fingerprint density at radius 1 is 1.28 bits per heavy atom. The average Bonchev–Trinajstić information content (AvgIpc) is 2.82. The number of fused-ring (bicyclic) bond motifs is 1. The van der Waals surface area contributed by atoms with Gasteiger partial charge in [-0.05, 0) is 18.6 Å². The highest BCUT2D eigenvalue weighted by Crippen LogP contribution is 2.22. The number of rotatable bonds is 7. The second kappa shape index (κ2) is 6.50. The fourth-order valence-corrected chi connectivity index (χ4v) is 1.99. The van der Waals surface area contributed by atoms with Gasteiger partial charge in [-0.25, -0.2) is 4.98 Å². The minimum absolute atomic E-state index is 0.388. The molecule has 1 atom stereocenters. The van der Waals surface area contributed by atoms with Gasteiger partial charge in [0.25, 0.3) is 0 Å². The maximum Gasteiger partial charge on any atom is 0.225 e. The molecule has 0 aromatic carbocycles. The van der Waals surface area contributed by atoms with E-state index in [0.29, 0.717) is 23.5 Å². The van der Waals surface area contributed by atoms with Gasteiger partial charge in [-0.1, -0.05) is 39.0 Å². The van der Waals surface area contributed by atoms with Crippen molar-refractivity contribution in [2.75, 3.05) is 0 Å². The van der Waals surface area contributed by atoms with Crippen molar-refractivity contribution in [3.63, 3.8) is 0 Å². The molecule has 0 spiro atoms. The number of nitrogens with zero attached hydrogens (tertiary/aromatic N) is 2. The average molecular weight is 248 g/mol. The van der Waals surface area contributed by atoms with Gasteiger partial charge in [-0.15, -0.1) is 0 Å². The van der Waals surface area contributed by atoms with Crippen LogP contribution in [0.15, 0.2) is 22.7 Å². The van der Waals surface area contributed by atoms with Crippen LogP contribution in [-0.4, -0.2) is 15.1 Å².